The van der Waals surface area contributed by atoms with Gasteiger partial charge in [0.25, 0.3) is 0 Å². The lowest BCUT2D eigenvalue weighted by atomic mass is 10.0. The molecule has 1 saturated heterocycles. The number of guanidine groups is 1. The third-order valence-corrected chi connectivity index (χ3v) is 5.71. The lowest BCUT2D eigenvalue weighted by Crippen LogP contribution is -2.50. The van der Waals surface area contributed by atoms with Gasteiger partial charge in [-0.2, -0.15) is 0 Å². The molecule has 0 aromatic heterocycles. The first-order valence-corrected chi connectivity index (χ1v) is 10.8. The minimum atomic E-state index is -0.254. The molecule has 1 heterocycles. The molecule has 2 fully saturated rings. The molecule has 6 heteroatoms. The van der Waals surface area contributed by atoms with Crippen LogP contribution in [0.15, 0.2) is 29.3 Å². The standard InChI is InChI=1S/C22H35FN4O/c1-3-24-22(25-16-17(2)28-21-10-8-18(23)9-11-21)26-19-12-14-27(15-13-19)20-6-4-5-7-20/h8-11,17,19-20H,3-7,12-16H2,1-2H3,(H2,24,25,26). The maximum absolute atomic E-state index is 13.0. The van der Waals surface area contributed by atoms with Gasteiger partial charge in [0, 0.05) is 31.7 Å². The Bertz CT molecular complexity index is 607. The topological polar surface area (TPSA) is 48.9 Å². The largest absolute Gasteiger partial charge is 0.489 e. The first-order valence-electron chi connectivity index (χ1n) is 10.8. The summed E-state index contributed by atoms with van der Waals surface area (Å²) in [5.41, 5.74) is 0. The Morgan fingerprint density at radius 3 is 2.50 bits per heavy atom. The van der Waals surface area contributed by atoms with Crippen molar-refractivity contribution in [2.24, 2.45) is 4.99 Å². The number of hydrogen-bond donors (Lipinski definition) is 2. The monoisotopic (exact) mass is 390 g/mol. The molecule has 0 spiro atoms. The summed E-state index contributed by atoms with van der Waals surface area (Å²) >= 11 is 0. The van der Waals surface area contributed by atoms with Crippen molar-refractivity contribution in [2.75, 3.05) is 26.2 Å². The fraction of sp³-hybridized carbons (Fsp3) is 0.682. The van der Waals surface area contributed by atoms with E-state index in [9.17, 15) is 4.39 Å². The van der Waals surface area contributed by atoms with Crippen molar-refractivity contribution in [3.05, 3.63) is 30.1 Å². The zero-order chi connectivity index (χ0) is 19.8. The summed E-state index contributed by atoms with van der Waals surface area (Å²) in [6, 6.07) is 7.42. The number of likely N-dealkylation sites (tertiary alicyclic amines) is 1. The maximum Gasteiger partial charge on any atom is 0.191 e. The minimum Gasteiger partial charge on any atom is -0.489 e. The van der Waals surface area contributed by atoms with Crippen molar-refractivity contribution in [1.82, 2.24) is 15.5 Å². The molecule has 1 aromatic rings. The molecule has 28 heavy (non-hydrogen) atoms. The van der Waals surface area contributed by atoms with Gasteiger partial charge >= 0.3 is 0 Å². The van der Waals surface area contributed by atoms with Crippen LogP contribution in [-0.2, 0) is 0 Å². The van der Waals surface area contributed by atoms with Gasteiger partial charge in [-0.1, -0.05) is 12.8 Å². The van der Waals surface area contributed by atoms with Crippen molar-refractivity contribution < 1.29 is 9.13 Å². The molecule has 5 nitrogen and oxygen atoms in total. The number of benzene rings is 1. The zero-order valence-electron chi connectivity index (χ0n) is 17.3. The Morgan fingerprint density at radius 1 is 1.18 bits per heavy atom. The van der Waals surface area contributed by atoms with Crippen LogP contribution in [0.1, 0.15) is 52.4 Å². The molecule has 0 radical (unpaired) electrons. The summed E-state index contributed by atoms with van der Waals surface area (Å²) in [6.45, 7) is 7.82. The summed E-state index contributed by atoms with van der Waals surface area (Å²) < 4.78 is 18.8. The quantitative estimate of drug-likeness (QED) is 0.552. The predicted octanol–water partition coefficient (Wildman–Crippen LogP) is 3.56. The van der Waals surface area contributed by atoms with E-state index >= 15 is 0 Å². The lowest BCUT2D eigenvalue weighted by Gasteiger charge is -2.36. The Kier molecular flexibility index (Phi) is 7.95. The molecule has 0 amide bonds. The van der Waals surface area contributed by atoms with Crippen molar-refractivity contribution in [3.8, 4) is 5.75 Å². The van der Waals surface area contributed by atoms with Gasteiger partial charge in [0.05, 0.1) is 6.54 Å². The normalized spacial score (nSPS) is 20.9. The van der Waals surface area contributed by atoms with Crippen LogP contribution in [0, 0.1) is 5.82 Å². The van der Waals surface area contributed by atoms with Crippen LogP contribution in [0.25, 0.3) is 0 Å². The highest BCUT2D eigenvalue weighted by Gasteiger charge is 2.27. The van der Waals surface area contributed by atoms with Crippen LogP contribution >= 0.6 is 0 Å². The van der Waals surface area contributed by atoms with Crippen molar-refractivity contribution in [3.63, 3.8) is 0 Å². The van der Waals surface area contributed by atoms with E-state index in [0.29, 0.717) is 18.3 Å². The van der Waals surface area contributed by atoms with Gasteiger partial charge in [-0.3, -0.25) is 0 Å². The number of halogens is 1. The Labute approximate surface area is 168 Å². The van der Waals surface area contributed by atoms with E-state index in [1.807, 2.05) is 6.92 Å². The summed E-state index contributed by atoms with van der Waals surface area (Å²) in [7, 11) is 0. The third-order valence-electron chi connectivity index (χ3n) is 5.71. The number of ether oxygens (including phenoxy) is 1. The molecule has 2 aliphatic rings. The number of nitrogens with zero attached hydrogens (tertiary/aromatic N) is 2. The predicted molar refractivity (Wildman–Crippen MR) is 112 cm³/mol. The fourth-order valence-electron chi connectivity index (χ4n) is 4.19. The van der Waals surface area contributed by atoms with Gasteiger partial charge in [-0.15, -0.1) is 0 Å². The average Bonchev–Trinajstić information content (AvgIpc) is 3.23. The number of piperidine rings is 1. The van der Waals surface area contributed by atoms with Gasteiger partial charge in [-0.05, 0) is 63.8 Å². The third kappa shape index (κ3) is 6.36. The Morgan fingerprint density at radius 2 is 1.86 bits per heavy atom. The smallest absolute Gasteiger partial charge is 0.191 e. The van der Waals surface area contributed by atoms with Gasteiger partial charge in [0.2, 0.25) is 0 Å². The highest BCUT2D eigenvalue weighted by molar-refractivity contribution is 5.80. The minimum absolute atomic E-state index is 0.0786. The van der Waals surface area contributed by atoms with E-state index in [1.54, 1.807) is 12.1 Å². The van der Waals surface area contributed by atoms with Gasteiger partial charge in [-0.25, -0.2) is 9.38 Å². The number of hydrogen-bond acceptors (Lipinski definition) is 3. The fourth-order valence-corrected chi connectivity index (χ4v) is 4.19. The van der Waals surface area contributed by atoms with E-state index in [0.717, 1.165) is 18.5 Å². The maximum atomic E-state index is 13.0. The molecule has 2 N–H and O–H groups in total. The molecule has 1 atom stereocenters. The molecular weight excluding hydrogens is 355 g/mol. The van der Waals surface area contributed by atoms with Crippen LogP contribution in [0.3, 0.4) is 0 Å². The first-order chi connectivity index (χ1) is 13.6. The van der Waals surface area contributed by atoms with Crippen molar-refractivity contribution in [2.45, 2.75) is 70.6 Å². The van der Waals surface area contributed by atoms with E-state index < -0.39 is 0 Å². The zero-order valence-corrected chi connectivity index (χ0v) is 17.3. The Hall–Kier alpha value is -1.82. The average molecular weight is 391 g/mol. The number of nitrogens with one attached hydrogen (secondary N) is 2. The van der Waals surface area contributed by atoms with Crippen LogP contribution < -0.4 is 15.4 Å². The highest BCUT2D eigenvalue weighted by Crippen LogP contribution is 2.26. The number of aliphatic imine (C=N–C) groups is 1. The second-order valence-electron chi connectivity index (χ2n) is 7.99. The van der Waals surface area contributed by atoms with Gasteiger partial charge in [0.1, 0.15) is 17.7 Å². The summed E-state index contributed by atoms with van der Waals surface area (Å²) in [6.07, 6.45) is 7.83. The number of rotatable bonds is 7. The summed E-state index contributed by atoms with van der Waals surface area (Å²) in [4.78, 5) is 7.39. The molecule has 1 saturated carbocycles. The molecular formula is C22H35FN4O. The van der Waals surface area contributed by atoms with Gasteiger partial charge < -0.3 is 20.3 Å². The first kappa shape index (κ1) is 20.9. The van der Waals surface area contributed by atoms with Gasteiger partial charge in [0.15, 0.2) is 5.96 Å². The van der Waals surface area contributed by atoms with E-state index in [1.165, 1.54) is 63.7 Å². The summed E-state index contributed by atoms with van der Waals surface area (Å²) in [5.74, 6) is 1.27. The van der Waals surface area contributed by atoms with Crippen LogP contribution in [0.2, 0.25) is 0 Å². The molecule has 1 aromatic carbocycles. The second-order valence-corrected chi connectivity index (χ2v) is 7.99. The van der Waals surface area contributed by atoms with E-state index in [-0.39, 0.29) is 11.9 Å². The molecule has 3 rings (SSSR count). The Balaban J connectivity index is 1.45. The van der Waals surface area contributed by atoms with Crippen LogP contribution in [0.4, 0.5) is 4.39 Å². The van der Waals surface area contributed by atoms with E-state index in [2.05, 4.69) is 22.5 Å². The molecule has 156 valence electrons. The molecule has 1 unspecified atom stereocenters. The SMILES string of the molecule is CCNC(=NCC(C)Oc1ccc(F)cc1)NC1CCN(C2CCCC2)CC1. The summed E-state index contributed by atoms with van der Waals surface area (Å²) in [5, 5.41) is 6.94. The second kappa shape index (κ2) is 10.6. The molecule has 1 aliphatic heterocycles. The molecule has 0 bridgehead atoms. The lowest BCUT2D eigenvalue weighted by molar-refractivity contribution is 0.150. The molecule has 1 aliphatic carbocycles. The van der Waals surface area contributed by atoms with E-state index in [4.69, 9.17) is 9.73 Å². The van der Waals surface area contributed by atoms with Crippen LogP contribution in [0.5, 0.6) is 5.75 Å². The highest BCUT2D eigenvalue weighted by atomic mass is 19.1. The van der Waals surface area contributed by atoms with Crippen LogP contribution in [-0.4, -0.2) is 55.2 Å². The van der Waals surface area contributed by atoms with Crippen molar-refractivity contribution >= 4 is 5.96 Å². The van der Waals surface area contributed by atoms with Crippen molar-refractivity contribution in [1.29, 1.82) is 0 Å².